The molecule has 0 saturated heterocycles. The fourth-order valence-corrected chi connectivity index (χ4v) is 2.29. The smallest absolute Gasteiger partial charge is 0.223 e. The molecule has 0 aliphatic heterocycles. The molecule has 0 aromatic heterocycles. The molecule has 94 valence electrons. The van der Waals surface area contributed by atoms with Gasteiger partial charge in [0.1, 0.15) is 0 Å². The maximum absolute atomic E-state index is 11.8. The van der Waals surface area contributed by atoms with Crippen molar-refractivity contribution in [1.82, 2.24) is 5.32 Å². The molecule has 0 bridgehead atoms. The Hall–Kier alpha value is -0.570. The van der Waals surface area contributed by atoms with Crippen molar-refractivity contribution in [1.29, 1.82) is 0 Å². The van der Waals surface area contributed by atoms with E-state index < -0.39 is 0 Å². The standard InChI is InChI=1S/C13H26N2O/c1-2-3-4-5-10-15-13(16)11-6-8-12(14)9-7-11/h11-12H,2-10,14H2,1H3,(H,15,16). The van der Waals surface area contributed by atoms with Crippen molar-refractivity contribution in [2.45, 2.75) is 64.3 Å². The van der Waals surface area contributed by atoms with Crippen LogP contribution < -0.4 is 11.1 Å². The van der Waals surface area contributed by atoms with E-state index in [9.17, 15) is 4.79 Å². The van der Waals surface area contributed by atoms with Gasteiger partial charge < -0.3 is 11.1 Å². The molecular formula is C13H26N2O. The Morgan fingerprint density at radius 1 is 1.19 bits per heavy atom. The largest absolute Gasteiger partial charge is 0.356 e. The van der Waals surface area contributed by atoms with Crippen molar-refractivity contribution in [2.24, 2.45) is 11.7 Å². The average molecular weight is 226 g/mol. The van der Waals surface area contributed by atoms with Gasteiger partial charge in [0.15, 0.2) is 0 Å². The van der Waals surface area contributed by atoms with E-state index in [-0.39, 0.29) is 11.8 Å². The van der Waals surface area contributed by atoms with Gasteiger partial charge in [-0.15, -0.1) is 0 Å². The molecule has 1 aliphatic carbocycles. The van der Waals surface area contributed by atoms with Crippen LogP contribution >= 0.6 is 0 Å². The van der Waals surface area contributed by atoms with Gasteiger partial charge in [-0.2, -0.15) is 0 Å². The predicted molar refractivity (Wildman–Crippen MR) is 67.1 cm³/mol. The van der Waals surface area contributed by atoms with E-state index in [1.54, 1.807) is 0 Å². The predicted octanol–water partition coefficient (Wildman–Crippen LogP) is 2.20. The molecule has 1 rings (SSSR count). The normalized spacial score (nSPS) is 25.4. The molecule has 1 amide bonds. The molecule has 0 spiro atoms. The third-order valence-electron chi connectivity index (χ3n) is 3.47. The molecule has 0 atom stereocenters. The molecular weight excluding hydrogens is 200 g/mol. The summed E-state index contributed by atoms with van der Waals surface area (Å²) in [6.07, 6.45) is 8.83. The third-order valence-corrected chi connectivity index (χ3v) is 3.47. The van der Waals surface area contributed by atoms with Crippen LogP contribution in [0.15, 0.2) is 0 Å². The van der Waals surface area contributed by atoms with Crippen LogP contribution in [-0.2, 0) is 4.79 Å². The van der Waals surface area contributed by atoms with Crippen LogP contribution in [0.4, 0.5) is 0 Å². The summed E-state index contributed by atoms with van der Waals surface area (Å²) in [5, 5.41) is 3.05. The number of nitrogens with one attached hydrogen (secondary N) is 1. The first-order valence-electron chi connectivity index (χ1n) is 6.77. The van der Waals surface area contributed by atoms with Gasteiger partial charge in [0.2, 0.25) is 5.91 Å². The van der Waals surface area contributed by atoms with Gasteiger partial charge in [-0.25, -0.2) is 0 Å². The fraction of sp³-hybridized carbons (Fsp3) is 0.923. The van der Waals surface area contributed by atoms with Gasteiger partial charge in [-0.1, -0.05) is 26.2 Å². The molecule has 3 nitrogen and oxygen atoms in total. The molecule has 0 unspecified atom stereocenters. The molecule has 0 radical (unpaired) electrons. The Bertz CT molecular complexity index is 198. The van der Waals surface area contributed by atoms with E-state index in [1.807, 2.05) is 0 Å². The number of nitrogens with two attached hydrogens (primary N) is 1. The van der Waals surface area contributed by atoms with Crippen LogP contribution in [0.1, 0.15) is 58.3 Å². The van der Waals surface area contributed by atoms with E-state index in [0.717, 1.165) is 38.6 Å². The molecule has 3 heteroatoms. The number of amides is 1. The maximum Gasteiger partial charge on any atom is 0.223 e. The van der Waals surface area contributed by atoms with Crippen molar-refractivity contribution in [3.8, 4) is 0 Å². The van der Waals surface area contributed by atoms with E-state index in [0.29, 0.717) is 6.04 Å². The molecule has 0 heterocycles. The molecule has 1 aliphatic rings. The first-order chi connectivity index (χ1) is 7.74. The van der Waals surface area contributed by atoms with Gasteiger partial charge in [0, 0.05) is 18.5 Å². The van der Waals surface area contributed by atoms with Gasteiger partial charge >= 0.3 is 0 Å². The van der Waals surface area contributed by atoms with Crippen molar-refractivity contribution in [3.63, 3.8) is 0 Å². The quantitative estimate of drug-likeness (QED) is 0.682. The summed E-state index contributed by atoms with van der Waals surface area (Å²) in [6.45, 7) is 3.05. The SMILES string of the molecule is CCCCCCNC(=O)C1CCC(N)CC1. The van der Waals surface area contributed by atoms with Crippen molar-refractivity contribution < 1.29 is 4.79 Å². The Morgan fingerprint density at radius 3 is 2.50 bits per heavy atom. The van der Waals surface area contributed by atoms with Crippen LogP contribution in [0.2, 0.25) is 0 Å². The van der Waals surface area contributed by atoms with Crippen LogP contribution in [0.5, 0.6) is 0 Å². The number of unbranched alkanes of at least 4 members (excludes halogenated alkanes) is 3. The summed E-state index contributed by atoms with van der Waals surface area (Å²) < 4.78 is 0. The lowest BCUT2D eigenvalue weighted by molar-refractivity contribution is -0.126. The molecule has 3 N–H and O–H groups in total. The number of hydrogen-bond acceptors (Lipinski definition) is 2. The summed E-state index contributed by atoms with van der Waals surface area (Å²) in [5.41, 5.74) is 5.82. The van der Waals surface area contributed by atoms with Gasteiger partial charge in [-0.3, -0.25) is 4.79 Å². The maximum atomic E-state index is 11.8. The van der Waals surface area contributed by atoms with E-state index in [1.165, 1.54) is 19.3 Å². The zero-order chi connectivity index (χ0) is 11.8. The van der Waals surface area contributed by atoms with Crippen molar-refractivity contribution >= 4 is 5.91 Å². The Labute approximate surface area is 99.2 Å². The second kappa shape index (κ2) is 7.66. The van der Waals surface area contributed by atoms with Gasteiger partial charge in [-0.05, 0) is 32.1 Å². The summed E-state index contributed by atoms with van der Waals surface area (Å²) in [6, 6.07) is 0.327. The Morgan fingerprint density at radius 2 is 1.88 bits per heavy atom. The van der Waals surface area contributed by atoms with Crippen molar-refractivity contribution in [3.05, 3.63) is 0 Å². The minimum Gasteiger partial charge on any atom is -0.356 e. The van der Waals surface area contributed by atoms with E-state index >= 15 is 0 Å². The Kier molecular flexibility index (Phi) is 6.46. The van der Waals surface area contributed by atoms with E-state index in [4.69, 9.17) is 5.73 Å². The van der Waals surface area contributed by atoms with Crippen LogP contribution in [0.25, 0.3) is 0 Å². The highest BCUT2D eigenvalue weighted by molar-refractivity contribution is 5.78. The minimum atomic E-state index is 0.228. The second-order valence-electron chi connectivity index (χ2n) is 4.96. The highest BCUT2D eigenvalue weighted by Crippen LogP contribution is 2.23. The zero-order valence-electron chi connectivity index (χ0n) is 10.5. The lowest BCUT2D eigenvalue weighted by atomic mass is 9.86. The third kappa shape index (κ3) is 4.97. The number of carbonyl (C=O) groups excluding carboxylic acids is 1. The van der Waals surface area contributed by atoms with Crippen LogP contribution in [-0.4, -0.2) is 18.5 Å². The van der Waals surface area contributed by atoms with Crippen molar-refractivity contribution in [2.75, 3.05) is 6.54 Å². The minimum absolute atomic E-state index is 0.228. The van der Waals surface area contributed by atoms with Gasteiger partial charge in [0.25, 0.3) is 0 Å². The molecule has 0 aromatic carbocycles. The summed E-state index contributed by atoms with van der Waals surface area (Å²) in [5.74, 6) is 0.481. The number of rotatable bonds is 6. The van der Waals surface area contributed by atoms with Crippen LogP contribution in [0, 0.1) is 5.92 Å². The van der Waals surface area contributed by atoms with Crippen LogP contribution in [0.3, 0.4) is 0 Å². The first kappa shape index (κ1) is 13.5. The topological polar surface area (TPSA) is 55.1 Å². The number of hydrogen-bond donors (Lipinski definition) is 2. The zero-order valence-corrected chi connectivity index (χ0v) is 10.5. The molecule has 16 heavy (non-hydrogen) atoms. The second-order valence-corrected chi connectivity index (χ2v) is 4.96. The fourth-order valence-electron chi connectivity index (χ4n) is 2.29. The highest BCUT2D eigenvalue weighted by atomic mass is 16.1. The Balaban J connectivity index is 2.06. The average Bonchev–Trinajstić information content (AvgIpc) is 2.29. The molecule has 0 aromatic rings. The first-order valence-corrected chi connectivity index (χ1v) is 6.77. The monoisotopic (exact) mass is 226 g/mol. The molecule has 1 fully saturated rings. The molecule has 1 saturated carbocycles. The van der Waals surface area contributed by atoms with Gasteiger partial charge in [0.05, 0.1) is 0 Å². The lowest BCUT2D eigenvalue weighted by Gasteiger charge is -2.25. The summed E-state index contributed by atoms with van der Waals surface area (Å²) in [4.78, 5) is 11.8. The van der Waals surface area contributed by atoms with E-state index in [2.05, 4.69) is 12.2 Å². The number of carbonyl (C=O) groups is 1. The lowest BCUT2D eigenvalue weighted by Crippen LogP contribution is -2.36. The summed E-state index contributed by atoms with van der Waals surface area (Å²) in [7, 11) is 0. The summed E-state index contributed by atoms with van der Waals surface area (Å²) >= 11 is 0. The highest BCUT2D eigenvalue weighted by Gasteiger charge is 2.23.